The molecule has 0 aromatic rings. The molecule has 1 rings (SSSR count). The fraction of sp³-hybridized carbons (Fsp3) is 0.789. The summed E-state index contributed by atoms with van der Waals surface area (Å²) >= 11 is 0. The highest BCUT2D eigenvalue weighted by molar-refractivity contribution is 5.19. The molecule has 0 saturated heterocycles. The molecule has 2 nitrogen and oxygen atoms in total. The second-order valence-electron chi connectivity index (χ2n) is 6.94. The monoisotopic (exact) mass is 286 g/mol. The summed E-state index contributed by atoms with van der Waals surface area (Å²) < 4.78 is 0. The van der Waals surface area contributed by atoms with Crippen molar-refractivity contribution in [2.45, 2.75) is 66.7 Å². The van der Waals surface area contributed by atoms with E-state index < -0.39 is 5.92 Å². The first kappa shape index (κ1) is 17.8. The summed E-state index contributed by atoms with van der Waals surface area (Å²) in [5, 5.41) is 18.5. The molecule has 116 valence electrons. The van der Waals surface area contributed by atoms with Crippen molar-refractivity contribution in [3.8, 4) is 12.1 Å². The van der Waals surface area contributed by atoms with Crippen molar-refractivity contribution in [2.75, 3.05) is 0 Å². The maximum Gasteiger partial charge on any atom is 0.136 e. The number of nitriles is 2. The molecule has 0 aromatic carbocycles. The molecule has 0 heterocycles. The van der Waals surface area contributed by atoms with Crippen molar-refractivity contribution in [1.29, 1.82) is 10.5 Å². The molecular weight excluding hydrogens is 256 g/mol. The summed E-state index contributed by atoms with van der Waals surface area (Å²) in [7, 11) is 0. The van der Waals surface area contributed by atoms with Crippen molar-refractivity contribution in [3.05, 3.63) is 11.1 Å². The largest absolute Gasteiger partial charge is 0.197 e. The molecule has 0 spiro atoms. The van der Waals surface area contributed by atoms with Gasteiger partial charge in [-0.25, -0.2) is 0 Å². The summed E-state index contributed by atoms with van der Waals surface area (Å²) in [4.78, 5) is 0. The number of allylic oxidation sites excluding steroid dienone is 2. The summed E-state index contributed by atoms with van der Waals surface area (Å²) in [6.45, 7) is 11.2. The molecule has 1 aliphatic rings. The lowest BCUT2D eigenvalue weighted by Gasteiger charge is -2.36. The highest BCUT2D eigenvalue weighted by Crippen LogP contribution is 2.42. The minimum absolute atomic E-state index is 0.203. The maximum absolute atomic E-state index is 9.24. The third-order valence-corrected chi connectivity index (χ3v) is 5.37. The van der Waals surface area contributed by atoms with Gasteiger partial charge in [-0.15, -0.1) is 0 Å². The van der Waals surface area contributed by atoms with Crippen molar-refractivity contribution in [1.82, 2.24) is 0 Å². The van der Waals surface area contributed by atoms with Crippen LogP contribution in [0, 0.1) is 52.3 Å². The Hall–Kier alpha value is -1.28. The molecule has 21 heavy (non-hydrogen) atoms. The van der Waals surface area contributed by atoms with E-state index in [0.29, 0.717) is 17.8 Å². The zero-order valence-electron chi connectivity index (χ0n) is 14.3. The van der Waals surface area contributed by atoms with Crippen molar-refractivity contribution < 1.29 is 0 Å². The zero-order chi connectivity index (χ0) is 16.0. The molecule has 1 unspecified atom stereocenters. The molecule has 0 radical (unpaired) electrons. The number of rotatable bonds is 6. The van der Waals surface area contributed by atoms with Crippen LogP contribution in [-0.2, 0) is 0 Å². The third-order valence-electron chi connectivity index (χ3n) is 5.37. The minimum Gasteiger partial charge on any atom is -0.197 e. The lowest BCUT2D eigenvalue weighted by Crippen LogP contribution is -2.27. The smallest absolute Gasteiger partial charge is 0.136 e. The van der Waals surface area contributed by atoms with E-state index in [1.807, 2.05) is 0 Å². The second-order valence-corrected chi connectivity index (χ2v) is 6.94. The Morgan fingerprint density at radius 2 is 1.57 bits per heavy atom. The van der Waals surface area contributed by atoms with Crippen LogP contribution in [0.1, 0.15) is 66.7 Å². The average molecular weight is 286 g/mol. The van der Waals surface area contributed by atoms with Crippen LogP contribution < -0.4 is 0 Å². The Bertz CT molecular complexity index is 433. The molecule has 0 aromatic heterocycles. The van der Waals surface area contributed by atoms with Gasteiger partial charge in [-0.2, -0.15) is 10.5 Å². The van der Waals surface area contributed by atoms with Crippen LogP contribution in [0.5, 0.6) is 0 Å². The van der Waals surface area contributed by atoms with Gasteiger partial charge < -0.3 is 0 Å². The van der Waals surface area contributed by atoms with E-state index in [0.717, 1.165) is 12.8 Å². The van der Waals surface area contributed by atoms with Crippen LogP contribution in [0.2, 0.25) is 0 Å². The van der Waals surface area contributed by atoms with Crippen LogP contribution in [0.3, 0.4) is 0 Å². The molecule has 0 saturated carbocycles. The topological polar surface area (TPSA) is 47.6 Å². The Morgan fingerprint density at radius 1 is 1.05 bits per heavy atom. The average Bonchev–Trinajstić information content (AvgIpc) is 2.48. The van der Waals surface area contributed by atoms with Crippen LogP contribution in [0.4, 0.5) is 0 Å². The summed E-state index contributed by atoms with van der Waals surface area (Å²) in [5.74, 6) is 1.44. The van der Waals surface area contributed by atoms with Gasteiger partial charge in [-0.3, -0.25) is 0 Å². The van der Waals surface area contributed by atoms with Gasteiger partial charge in [0.15, 0.2) is 0 Å². The first-order chi connectivity index (χ1) is 9.98. The van der Waals surface area contributed by atoms with Gasteiger partial charge in [0, 0.05) is 0 Å². The lowest BCUT2D eigenvalue weighted by molar-refractivity contribution is 0.209. The summed E-state index contributed by atoms with van der Waals surface area (Å²) in [5.41, 5.74) is 3.29. The van der Waals surface area contributed by atoms with Gasteiger partial charge >= 0.3 is 0 Å². The Balaban J connectivity index is 2.89. The molecule has 1 aliphatic carbocycles. The molecule has 0 N–H and O–H groups in total. The van der Waals surface area contributed by atoms with Crippen molar-refractivity contribution in [3.63, 3.8) is 0 Å². The zero-order valence-corrected chi connectivity index (χ0v) is 14.3. The molecule has 0 aliphatic heterocycles. The SMILES string of the molecule is CCC1=C(CC)C[C@@H](C)[C@@H](CC(C(C)C)C(C#N)C#N)C1. The Kier molecular flexibility index (Phi) is 6.97. The predicted octanol–water partition coefficient (Wildman–Crippen LogP) is 5.47. The van der Waals surface area contributed by atoms with Crippen LogP contribution in [0.25, 0.3) is 0 Å². The number of nitrogens with zero attached hydrogens (tertiary/aromatic N) is 2. The van der Waals surface area contributed by atoms with Crippen LogP contribution in [0.15, 0.2) is 11.1 Å². The molecular formula is C19H30N2. The Morgan fingerprint density at radius 3 is 2.00 bits per heavy atom. The summed E-state index contributed by atoms with van der Waals surface area (Å²) in [6, 6.07) is 4.42. The van der Waals surface area contributed by atoms with Gasteiger partial charge in [0.05, 0.1) is 12.1 Å². The van der Waals surface area contributed by atoms with E-state index in [2.05, 4.69) is 46.8 Å². The van der Waals surface area contributed by atoms with E-state index in [-0.39, 0.29) is 5.92 Å². The second kappa shape index (κ2) is 8.23. The predicted molar refractivity (Wildman–Crippen MR) is 87.2 cm³/mol. The van der Waals surface area contributed by atoms with E-state index in [1.54, 1.807) is 11.1 Å². The first-order valence-corrected chi connectivity index (χ1v) is 8.47. The Labute approximate surface area is 130 Å². The van der Waals surface area contributed by atoms with E-state index in [1.165, 1.54) is 19.3 Å². The highest BCUT2D eigenvalue weighted by atomic mass is 14.4. The number of hydrogen-bond acceptors (Lipinski definition) is 2. The van der Waals surface area contributed by atoms with E-state index >= 15 is 0 Å². The highest BCUT2D eigenvalue weighted by Gasteiger charge is 2.32. The third kappa shape index (κ3) is 4.34. The van der Waals surface area contributed by atoms with Gasteiger partial charge in [-0.05, 0) is 55.8 Å². The molecule has 0 fully saturated rings. The molecule has 0 amide bonds. The fourth-order valence-electron chi connectivity index (χ4n) is 3.83. The quantitative estimate of drug-likeness (QED) is 0.607. The normalized spacial score (nSPS) is 24.0. The minimum atomic E-state index is -0.459. The molecule has 0 bridgehead atoms. The van der Waals surface area contributed by atoms with E-state index in [9.17, 15) is 10.5 Å². The van der Waals surface area contributed by atoms with Gasteiger partial charge in [0.25, 0.3) is 0 Å². The number of hydrogen-bond donors (Lipinski definition) is 0. The van der Waals surface area contributed by atoms with Crippen LogP contribution in [-0.4, -0.2) is 0 Å². The maximum atomic E-state index is 9.24. The lowest BCUT2D eigenvalue weighted by atomic mass is 9.68. The van der Waals surface area contributed by atoms with Crippen LogP contribution >= 0.6 is 0 Å². The molecule has 2 heteroatoms. The summed E-state index contributed by atoms with van der Waals surface area (Å²) in [6.07, 6.45) is 5.73. The first-order valence-electron chi connectivity index (χ1n) is 8.47. The van der Waals surface area contributed by atoms with Crippen molar-refractivity contribution in [2.24, 2.45) is 29.6 Å². The van der Waals surface area contributed by atoms with E-state index in [4.69, 9.17) is 0 Å². The molecule has 3 atom stereocenters. The van der Waals surface area contributed by atoms with Crippen molar-refractivity contribution >= 4 is 0 Å². The van der Waals surface area contributed by atoms with Gasteiger partial charge in [0.2, 0.25) is 0 Å². The van der Waals surface area contributed by atoms with Gasteiger partial charge in [-0.1, -0.05) is 45.8 Å². The fourth-order valence-corrected chi connectivity index (χ4v) is 3.83. The standard InChI is InChI=1S/C19H30N2/c1-6-15-8-14(5)17(9-16(15)7-2)10-19(13(3)4)18(11-20)12-21/h13-14,17-19H,6-10H2,1-5H3/t14-,17-,19?/m1/s1. The van der Waals surface area contributed by atoms with Gasteiger partial charge in [0.1, 0.15) is 5.92 Å².